The number of benzene rings is 2. The molecule has 0 fully saturated rings. The highest BCUT2D eigenvalue weighted by molar-refractivity contribution is 6.31. The largest absolute Gasteiger partial charge is 0.333 e. The van der Waals surface area contributed by atoms with Crippen LogP contribution in [-0.4, -0.2) is 20.6 Å². The first-order chi connectivity index (χ1) is 14.9. The SMILES string of the molecule is Cc1ccccc1-c1noc(-c2cccn(CC(=O)Nc3cccc(Cl)c3C)c2=O)n1. The van der Waals surface area contributed by atoms with Gasteiger partial charge in [0.25, 0.3) is 11.4 Å². The number of anilines is 1. The number of aryl methyl sites for hydroxylation is 1. The summed E-state index contributed by atoms with van der Waals surface area (Å²) in [4.78, 5) is 29.8. The van der Waals surface area contributed by atoms with Crippen molar-refractivity contribution in [2.75, 3.05) is 5.32 Å². The molecule has 7 nitrogen and oxygen atoms in total. The highest BCUT2D eigenvalue weighted by Gasteiger charge is 2.17. The van der Waals surface area contributed by atoms with Crippen LogP contribution in [0.4, 0.5) is 5.69 Å². The predicted molar refractivity (Wildman–Crippen MR) is 119 cm³/mol. The van der Waals surface area contributed by atoms with E-state index in [0.29, 0.717) is 16.5 Å². The Morgan fingerprint density at radius 2 is 1.84 bits per heavy atom. The molecule has 0 radical (unpaired) electrons. The van der Waals surface area contributed by atoms with Gasteiger partial charge in [-0.05, 0) is 49.2 Å². The maximum Gasteiger partial charge on any atom is 0.263 e. The molecule has 31 heavy (non-hydrogen) atoms. The van der Waals surface area contributed by atoms with Gasteiger partial charge in [0.05, 0.1) is 0 Å². The van der Waals surface area contributed by atoms with Gasteiger partial charge >= 0.3 is 0 Å². The number of carbonyl (C=O) groups excluding carboxylic acids is 1. The lowest BCUT2D eigenvalue weighted by atomic mass is 10.1. The topological polar surface area (TPSA) is 90.0 Å². The Hall–Kier alpha value is -3.71. The average molecular weight is 435 g/mol. The summed E-state index contributed by atoms with van der Waals surface area (Å²) in [7, 11) is 0. The van der Waals surface area contributed by atoms with Gasteiger partial charge in [-0.1, -0.05) is 47.1 Å². The molecule has 156 valence electrons. The van der Waals surface area contributed by atoms with Gasteiger partial charge in [0.15, 0.2) is 0 Å². The maximum absolute atomic E-state index is 12.9. The van der Waals surface area contributed by atoms with Crippen molar-refractivity contribution >= 4 is 23.2 Å². The van der Waals surface area contributed by atoms with E-state index >= 15 is 0 Å². The molecule has 0 aliphatic carbocycles. The molecule has 0 aliphatic rings. The number of pyridine rings is 1. The van der Waals surface area contributed by atoms with E-state index < -0.39 is 5.56 Å². The molecule has 4 aromatic rings. The number of amides is 1. The molecule has 0 saturated heterocycles. The van der Waals surface area contributed by atoms with Crippen molar-refractivity contribution in [1.29, 1.82) is 0 Å². The van der Waals surface area contributed by atoms with Crippen LogP contribution in [0.1, 0.15) is 11.1 Å². The van der Waals surface area contributed by atoms with Crippen LogP contribution >= 0.6 is 11.6 Å². The third kappa shape index (κ3) is 4.27. The molecule has 0 saturated carbocycles. The van der Waals surface area contributed by atoms with Crippen molar-refractivity contribution in [1.82, 2.24) is 14.7 Å². The molecule has 4 rings (SSSR count). The van der Waals surface area contributed by atoms with Crippen molar-refractivity contribution < 1.29 is 9.32 Å². The first-order valence-electron chi connectivity index (χ1n) is 9.58. The van der Waals surface area contributed by atoms with Gasteiger partial charge < -0.3 is 14.4 Å². The summed E-state index contributed by atoms with van der Waals surface area (Å²) in [6, 6.07) is 16.1. The Morgan fingerprint density at radius 1 is 1.06 bits per heavy atom. The second kappa shape index (κ2) is 8.57. The van der Waals surface area contributed by atoms with Crippen LogP contribution in [0.5, 0.6) is 0 Å². The van der Waals surface area contributed by atoms with E-state index in [9.17, 15) is 9.59 Å². The van der Waals surface area contributed by atoms with E-state index in [4.69, 9.17) is 16.1 Å². The standard InChI is InChI=1S/C23H19ClN4O3/c1-14-7-3-4-8-16(14)21-26-22(31-27-21)17-9-6-12-28(23(17)30)13-20(29)25-19-11-5-10-18(24)15(19)2/h3-12H,13H2,1-2H3,(H,25,29). The molecule has 0 spiro atoms. The van der Waals surface area contributed by atoms with E-state index in [1.165, 1.54) is 10.8 Å². The van der Waals surface area contributed by atoms with Crippen molar-refractivity contribution in [2.45, 2.75) is 20.4 Å². The minimum absolute atomic E-state index is 0.101. The van der Waals surface area contributed by atoms with Gasteiger partial charge in [-0.3, -0.25) is 9.59 Å². The van der Waals surface area contributed by atoms with Crippen molar-refractivity contribution in [3.63, 3.8) is 0 Å². The molecular weight excluding hydrogens is 416 g/mol. The van der Waals surface area contributed by atoms with Crippen LogP contribution in [0.25, 0.3) is 22.8 Å². The van der Waals surface area contributed by atoms with Gasteiger partial charge in [-0.25, -0.2) is 0 Å². The van der Waals surface area contributed by atoms with Gasteiger partial charge in [0, 0.05) is 22.5 Å². The van der Waals surface area contributed by atoms with Crippen LogP contribution in [-0.2, 0) is 11.3 Å². The van der Waals surface area contributed by atoms with E-state index in [1.807, 2.05) is 38.1 Å². The summed E-state index contributed by atoms with van der Waals surface area (Å²) >= 11 is 6.10. The summed E-state index contributed by atoms with van der Waals surface area (Å²) in [5.41, 5.74) is 3.00. The third-order valence-electron chi connectivity index (χ3n) is 4.92. The van der Waals surface area contributed by atoms with E-state index in [0.717, 1.165) is 16.7 Å². The van der Waals surface area contributed by atoms with Crippen molar-refractivity contribution in [2.24, 2.45) is 0 Å². The molecule has 1 amide bonds. The third-order valence-corrected chi connectivity index (χ3v) is 5.33. The van der Waals surface area contributed by atoms with Crippen LogP contribution in [0.3, 0.4) is 0 Å². The Labute approximate surface area is 183 Å². The Morgan fingerprint density at radius 3 is 2.65 bits per heavy atom. The van der Waals surface area contributed by atoms with Crippen LogP contribution in [0.2, 0.25) is 5.02 Å². The smallest absolute Gasteiger partial charge is 0.263 e. The lowest BCUT2D eigenvalue weighted by molar-refractivity contribution is -0.116. The Bertz CT molecular complexity index is 1330. The first kappa shape index (κ1) is 20.6. The molecule has 0 bridgehead atoms. The van der Waals surface area contributed by atoms with Crippen molar-refractivity contribution in [3.05, 3.63) is 87.3 Å². The molecule has 0 aliphatic heterocycles. The lowest BCUT2D eigenvalue weighted by Crippen LogP contribution is -2.28. The number of carbonyl (C=O) groups is 1. The number of rotatable bonds is 5. The fraction of sp³-hybridized carbons (Fsp3) is 0.130. The minimum atomic E-state index is -0.402. The lowest BCUT2D eigenvalue weighted by Gasteiger charge is -2.11. The van der Waals surface area contributed by atoms with E-state index in [2.05, 4.69) is 15.5 Å². The van der Waals surface area contributed by atoms with E-state index in [-0.39, 0.29) is 23.9 Å². The molecule has 0 atom stereocenters. The summed E-state index contributed by atoms with van der Waals surface area (Å²) in [5, 5.41) is 7.34. The number of halogens is 1. The molecular formula is C23H19ClN4O3. The number of nitrogens with zero attached hydrogens (tertiary/aromatic N) is 3. The average Bonchev–Trinajstić information content (AvgIpc) is 3.23. The predicted octanol–water partition coefficient (Wildman–Crippen LogP) is 4.47. The first-order valence-corrected chi connectivity index (χ1v) is 9.96. The maximum atomic E-state index is 12.9. The summed E-state index contributed by atoms with van der Waals surface area (Å²) in [5.74, 6) is 0.150. The summed E-state index contributed by atoms with van der Waals surface area (Å²) in [6.45, 7) is 3.59. The minimum Gasteiger partial charge on any atom is -0.333 e. The molecule has 1 N–H and O–H groups in total. The Balaban J connectivity index is 1.58. The van der Waals surface area contributed by atoms with Crippen LogP contribution < -0.4 is 10.9 Å². The number of hydrogen-bond acceptors (Lipinski definition) is 5. The quantitative estimate of drug-likeness (QED) is 0.500. The second-order valence-electron chi connectivity index (χ2n) is 7.05. The summed E-state index contributed by atoms with van der Waals surface area (Å²) < 4.78 is 6.63. The van der Waals surface area contributed by atoms with Gasteiger partial charge in [0.2, 0.25) is 11.7 Å². The fourth-order valence-corrected chi connectivity index (χ4v) is 3.35. The number of aromatic nitrogens is 3. The molecule has 2 heterocycles. The monoisotopic (exact) mass is 434 g/mol. The molecule has 2 aromatic carbocycles. The zero-order chi connectivity index (χ0) is 22.0. The van der Waals surface area contributed by atoms with Gasteiger partial charge in [-0.15, -0.1) is 0 Å². The van der Waals surface area contributed by atoms with Crippen LogP contribution in [0.15, 0.2) is 70.1 Å². The molecule has 0 unspecified atom stereocenters. The zero-order valence-electron chi connectivity index (χ0n) is 16.9. The highest BCUT2D eigenvalue weighted by Crippen LogP contribution is 2.24. The number of hydrogen-bond donors (Lipinski definition) is 1. The number of nitrogens with one attached hydrogen (secondary N) is 1. The molecule has 2 aromatic heterocycles. The zero-order valence-corrected chi connectivity index (χ0v) is 17.7. The highest BCUT2D eigenvalue weighted by atomic mass is 35.5. The van der Waals surface area contributed by atoms with Gasteiger partial charge in [-0.2, -0.15) is 4.98 Å². The van der Waals surface area contributed by atoms with Crippen molar-refractivity contribution in [3.8, 4) is 22.8 Å². The van der Waals surface area contributed by atoms with Gasteiger partial charge in [0.1, 0.15) is 12.1 Å². The molecule has 8 heteroatoms. The second-order valence-corrected chi connectivity index (χ2v) is 7.46. The fourth-order valence-electron chi connectivity index (χ4n) is 3.18. The van der Waals surface area contributed by atoms with E-state index in [1.54, 1.807) is 30.3 Å². The summed E-state index contributed by atoms with van der Waals surface area (Å²) in [6.07, 6.45) is 1.54. The normalized spacial score (nSPS) is 10.8. The Kier molecular flexibility index (Phi) is 5.68. The van der Waals surface area contributed by atoms with Crippen LogP contribution in [0, 0.1) is 13.8 Å².